The number of hydrogen-bond donors (Lipinski definition) is 0. The molecule has 0 radical (unpaired) electrons. The van der Waals surface area contributed by atoms with Gasteiger partial charge in [-0.2, -0.15) is 5.26 Å². The van der Waals surface area contributed by atoms with Gasteiger partial charge >= 0.3 is 0 Å². The van der Waals surface area contributed by atoms with Gasteiger partial charge in [0.25, 0.3) is 0 Å². The average Bonchev–Trinajstić information content (AvgIpc) is 2.53. The first-order valence-electron chi connectivity index (χ1n) is 7.86. The maximum absolute atomic E-state index is 11.4. The Bertz CT molecular complexity index is 593. The van der Waals surface area contributed by atoms with Crippen molar-refractivity contribution in [1.82, 2.24) is 4.98 Å². The molecule has 1 fully saturated rings. The minimum absolute atomic E-state index is 0.323. The first-order chi connectivity index (χ1) is 10.2. The number of pyridine rings is 1. The number of ketones is 1. The van der Waals surface area contributed by atoms with Crippen LogP contribution >= 0.6 is 0 Å². The van der Waals surface area contributed by atoms with Gasteiger partial charge in [0.1, 0.15) is 17.7 Å². The van der Waals surface area contributed by atoms with Crippen LogP contribution < -0.4 is 4.90 Å². The number of rotatable bonds is 2. The summed E-state index contributed by atoms with van der Waals surface area (Å²) in [5, 5.41) is 9.44. The van der Waals surface area contributed by atoms with Crippen LogP contribution in [0.25, 0.3) is 0 Å². The highest BCUT2D eigenvalue weighted by molar-refractivity contribution is 5.79. The van der Waals surface area contributed by atoms with Crippen molar-refractivity contribution >= 4 is 11.6 Å². The minimum Gasteiger partial charge on any atom is -0.356 e. The van der Waals surface area contributed by atoms with Gasteiger partial charge in [0.15, 0.2) is 0 Å². The number of fused-ring (bicyclic) bond motifs is 1. The van der Waals surface area contributed by atoms with Crippen LogP contribution in [0.3, 0.4) is 0 Å². The van der Waals surface area contributed by atoms with Gasteiger partial charge in [-0.3, -0.25) is 4.79 Å². The Kier molecular flexibility index (Phi) is 3.92. The van der Waals surface area contributed by atoms with Crippen LogP contribution in [0.2, 0.25) is 0 Å². The third-order valence-corrected chi connectivity index (χ3v) is 4.80. The molecule has 21 heavy (non-hydrogen) atoms. The quantitative estimate of drug-likeness (QED) is 0.837. The molecule has 1 aromatic heterocycles. The molecule has 2 aliphatic rings. The Morgan fingerprint density at radius 1 is 1.24 bits per heavy atom. The molecule has 0 aliphatic heterocycles. The lowest BCUT2D eigenvalue weighted by Gasteiger charge is -2.33. The molecular weight excluding hydrogens is 262 g/mol. The summed E-state index contributed by atoms with van der Waals surface area (Å²) in [6.45, 7) is 0. The Morgan fingerprint density at radius 2 is 1.95 bits per heavy atom. The third-order valence-electron chi connectivity index (χ3n) is 4.80. The minimum atomic E-state index is 0.323. The molecule has 110 valence electrons. The van der Waals surface area contributed by atoms with E-state index in [1.54, 1.807) is 0 Å². The number of Topliss-reactive ketones (excluding diaryl/α,β-unsaturated/α-hetero) is 1. The molecule has 4 heteroatoms. The van der Waals surface area contributed by atoms with E-state index in [1.165, 1.54) is 18.4 Å². The van der Waals surface area contributed by atoms with Gasteiger partial charge in [-0.25, -0.2) is 4.98 Å². The van der Waals surface area contributed by atoms with E-state index in [9.17, 15) is 10.1 Å². The maximum Gasteiger partial charge on any atom is 0.146 e. The van der Waals surface area contributed by atoms with Crippen molar-refractivity contribution in [3.8, 4) is 6.07 Å². The van der Waals surface area contributed by atoms with E-state index in [0.29, 0.717) is 30.2 Å². The van der Waals surface area contributed by atoms with E-state index in [4.69, 9.17) is 4.98 Å². The second-order valence-electron chi connectivity index (χ2n) is 6.17. The van der Waals surface area contributed by atoms with Crippen molar-refractivity contribution in [1.29, 1.82) is 5.26 Å². The summed E-state index contributed by atoms with van der Waals surface area (Å²) in [5.41, 5.74) is 3.08. The van der Waals surface area contributed by atoms with Crippen LogP contribution in [0.1, 0.15) is 55.3 Å². The van der Waals surface area contributed by atoms with Crippen LogP contribution in [-0.4, -0.2) is 23.9 Å². The molecule has 1 saturated carbocycles. The molecule has 4 nitrogen and oxygen atoms in total. The van der Waals surface area contributed by atoms with Crippen molar-refractivity contribution in [2.75, 3.05) is 11.9 Å². The molecule has 0 unspecified atom stereocenters. The number of aryl methyl sites for hydroxylation is 2. The van der Waals surface area contributed by atoms with Gasteiger partial charge in [0.2, 0.25) is 0 Å². The normalized spacial score (nSPS) is 19.0. The molecule has 3 rings (SSSR count). The first-order valence-corrected chi connectivity index (χ1v) is 7.86. The standard InChI is InChI=1S/C17H21N3O/c1-20(14-6-8-15(21)9-7-14)17-13(11-18)10-12-4-2-3-5-16(12)19-17/h10,14H,2-9H2,1H3. The first kappa shape index (κ1) is 14.1. The Labute approximate surface area is 125 Å². The fourth-order valence-corrected chi connectivity index (χ4v) is 3.46. The Balaban J connectivity index is 1.90. The SMILES string of the molecule is CN(c1nc2c(cc1C#N)CCCC2)C1CCC(=O)CC1. The van der Waals surface area contributed by atoms with Crippen LogP contribution in [0, 0.1) is 11.3 Å². The highest BCUT2D eigenvalue weighted by atomic mass is 16.1. The van der Waals surface area contributed by atoms with E-state index in [2.05, 4.69) is 11.0 Å². The number of carbonyl (C=O) groups excluding carboxylic acids is 1. The number of nitriles is 1. The summed E-state index contributed by atoms with van der Waals surface area (Å²) in [6, 6.07) is 4.66. The second kappa shape index (κ2) is 5.85. The summed E-state index contributed by atoms with van der Waals surface area (Å²) in [6.07, 6.45) is 7.50. The van der Waals surface area contributed by atoms with Crippen LogP contribution in [0.4, 0.5) is 5.82 Å². The molecule has 0 atom stereocenters. The average molecular weight is 283 g/mol. The molecule has 2 aliphatic carbocycles. The second-order valence-corrected chi connectivity index (χ2v) is 6.17. The molecule has 1 aromatic rings. The van der Waals surface area contributed by atoms with E-state index in [-0.39, 0.29) is 0 Å². The summed E-state index contributed by atoms with van der Waals surface area (Å²) >= 11 is 0. The highest BCUT2D eigenvalue weighted by Gasteiger charge is 2.25. The highest BCUT2D eigenvalue weighted by Crippen LogP contribution is 2.29. The van der Waals surface area contributed by atoms with Crippen molar-refractivity contribution in [3.63, 3.8) is 0 Å². The topological polar surface area (TPSA) is 57.0 Å². The van der Waals surface area contributed by atoms with Crippen molar-refractivity contribution in [2.24, 2.45) is 0 Å². The van der Waals surface area contributed by atoms with E-state index in [0.717, 1.165) is 37.2 Å². The maximum atomic E-state index is 11.4. The largest absolute Gasteiger partial charge is 0.356 e. The molecule has 1 heterocycles. The predicted octanol–water partition coefficient (Wildman–Crippen LogP) is 2.78. The number of anilines is 1. The number of hydrogen-bond acceptors (Lipinski definition) is 4. The van der Waals surface area contributed by atoms with E-state index >= 15 is 0 Å². The van der Waals surface area contributed by atoms with Crippen LogP contribution in [0.15, 0.2) is 6.07 Å². The van der Waals surface area contributed by atoms with Gasteiger partial charge in [-0.15, -0.1) is 0 Å². The zero-order chi connectivity index (χ0) is 14.8. The molecule has 0 N–H and O–H groups in total. The fourth-order valence-electron chi connectivity index (χ4n) is 3.46. The van der Waals surface area contributed by atoms with Crippen LogP contribution in [-0.2, 0) is 17.6 Å². The van der Waals surface area contributed by atoms with Crippen LogP contribution in [0.5, 0.6) is 0 Å². The zero-order valence-electron chi connectivity index (χ0n) is 12.6. The molecule has 0 spiro atoms. The summed E-state index contributed by atoms with van der Waals surface area (Å²) in [5.74, 6) is 1.16. The summed E-state index contributed by atoms with van der Waals surface area (Å²) in [4.78, 5) is 18.3. The third kappa shape index (κ3) is 2.78. The molecule has 0 bridgehead atoms. The van der Waals surface area contributed by atoms with E-state index in [1.807, 2.05) is 13.1 Å². The van der Waals surface area contributed by atoms with Crippen molar-refractivity contribution in [3.05, 3.63) is 22.9 Å². The zero-order valence-corrected chi connectivity index (χ0v) is 12.6. The smallest absolute Gasteiger partial charge is 0.146 e. The Morgan fingerprint density at radius 3 is 2.67 bits per heavy atom. The number of aromatic nitrogens is 1. The van der Waals surface area contributed by atoms with E-state index < -0.39 is 0 Å². The monoisotopic (exact) mass is 283 g/mol. The van der Waals surface area contributed by atoms with Gasteiger partial charge in [-0.05, 0) is 50.2 Å². The Hall–Kier alpha value is -1.89. The lowest BCUT2D eigenvalue weighted by atomic mass is 9.92. The van der Waals surface area contributed by atoms with Gasteiger partial charge in [0.05, 0.1) is 5.56 Å². The van der Waals surface area contributed by atoms with Crippen molar-refractivity contribution < 1.29 is 4.79 Å². The summed E-state index contributed by atoms with van der Waals surface area (Å²) in [7, 11) is 2.01. The molecule has 0 amide bonds. The van der Waals surface area contributed by atoms with Gasteiger partial charge < -0.3 is 4.90 Å². The molecule has 0 saturated heterocycles. The van der Waals surface area contributed by atoms with Gasteiger partial charge in [-0.1, -0.05) is 0 Å². The number of nitrogens with zero attached hydrogens (tertiary/aromatic N) is 3. The predicted molar refractivity (Wildman–Crippen MR) is 81.3 cm³/mol. The summed E-state index contributed by atoms with van der Waals surface area (Å²) < 4.78 is 0. The molecular formula is C17H21N3O. The fraction of sp³-hybridized carbons (Fsp3) is 0.588. The van der Waals surface area contributed by atoms with Gasteiger partial charge in [0, 0.05) is 31.6 Å². The lowest BCUT2D eigenvalue weighted by Crippen LogP contribution is -2.36. The van der Waals surface area contributed by atoms with Crippen molar-refractivity contribution in [2.45, 2.75) is 57.4 Å². The molecule has 0 aromatic carbocycles. The lowest BCUT2D eigenvalue weighted by molar-refractivity contribution is -0.120. The number of carbonyl (C=O) groups is 1.